The van der Waals surface area contributed by atoms with E-state index in [1.54, 1.807) is 18.2 Å². The zero-order valence-electron chi connectivity index (χ0n) is 13.9. The zero-order valence-corrected chi connectivity index (χ0v) is 13.9. The fraction of sp³-hybridized carbons (Fsp3) is 0.368. The summed E-state index contributed by atoms with van der Waals surface area (Å²) < 4.78 is 40.6. The van der Waals surface area contributed by atoms with Gasteiger partial charge in [0, 0.05) is 37.6 Å². The summed E-state index contributed by atoms with van der Waals surface area (Å²) in [6.45, 7) is 3.01. The van der Waals surface area contributed by atoms with Gasteiger partial charge in [-0.3, -0.25) is 0 Å². The van der Waals surface area contributed by atoms with E-state index in [2.05, 4.69) is 5.32 Å². The lowest BCUT2D eigenvalue weighted by atomic mass is 9.96. The van der Waals surface area contributed by atoms with E-state index in [9.17, 15) is 13.2 Å². The summed E-state index contributed by atoms with van der Waals surface area (Å²) in [4.78, 5) is 2.05. The van der Waals surface area contributed by atoms with Gasteiger partial charge in [-0.25, -0.2) is 0 Å². The number of hydrogen-bond donors (Lipinski definition) is 2. The summed E-state index contributed by atoms with van der Waals surface area (Å²) in [6, 6.07) is 11.8. The Morgan fingerprint density at radius 1 is 0.960 bits per heavy atom. The van der Waals surface area contributed by atoms with Gasteiger partial charge in [0.1, 0.15) is 0 Å². The van der Waals surface area contributed by atoms with Crippen LogP contribution in [0.3, 0.4) is 0 Å². The van der Waals surface area contributed by atoms with Crippen LogP contribution in [0.2, 0.25) is 0 Å². The molecule has 0 unspecified atom stereocenters. The van der Waals surface area contributed by atoms with Crippen molar-refractivity contribution in [3.8, 4) is 0 Å². The maximum atomic E-state index is 13.5. The largest absolute Gasteiger partial charge is 0.416 e. The van der Waals surface area contributed by atoms with Crippen molar-refractivity contribution in [1.29, 1.82) is 0 Å². The molecule has 1 heterocycles. The third-order valence-corrected chi connectivity index (χ3v) is 4.56. The lowest BCUT2D eigenvalue weighted by Crippen LogP contribution is -2.44. The second-order valence-corrected chi connectivity index (χ2v) is 6.28. The number of nitrogens with one attached hydrogen (secondary N) is 1. The van der Waals surface area contributed by atoms with Gasteiger partial charge in [0.2, 0.25) is 0 Å². The first kappa shape index (κ1) is 17.6. The fourth-order valence-corrected chi connectivity index (χ4v) is 3.26. The Hall–Kier alpha value is -2.21. The van der Waals surface area contributed by atoms with Crippen LogP contribution in [0.5, 0.6) is 0 Å². The van der Waals surface area contributed by atoms with Crippen molar-refractivity contribution in [1.82, 2.24) is 5.32 Å². The van der Waals surface area contributed by atoms with Crippen LogP contribution in [0.15, 0.2) is 42.5 Å². The van der Waals surface area contributed by atoms with E-state index in [1.165, 1.54) is 12.1 Å². The Bertz CT molecular complexity index is 705. The highest BCUT2D eigenvalue weighted by Gasteiger charge is 2.34. The molecule has 0 spiro atoms. The average Bonchev–Trinajstić information content (AvgIpc) is 2.61. The molecule has 0 atom stereocenters. The van der Waals surface area contributed by atoms with Crippen LogP contribution < -0.4 is 16.0 Å². The molecule has 0 aliphatic carbocycles. The predicted molar refractivity (Wildman–Crippen MR) is 94.8 cm³/mol. The number of piperazine rings is 1. The van der Waals surface area contributed by atoms with Gasteiger partial charge in [-0.2, -0.15) is 13.2 Å². The van der Waals surface area contributed by atoms with Gasteiger partial charge in [0.05, 0.1) is 5.56 Å². The quantitative estimate of drug-likeness (QED) is 0.831. The Morgan fingerprint density at radius 3 is 2.28 bits per heavy atom. The molecule has 6 heteroatoms. The number of anilines is 2. The van der Waals surface area contributed by atoms with Crippen LogP contribution >= 0.6 is 0 Å². The van der Waals surface area contributed by atoms with Crippen LogP contribution in [0.4, 0.5) is 24.5 Å². The number of nitrogens with zero attached hydrogens (tertiary/aromatic N) is 1. The number of hydrogen-bond acceptors (Lipinski definition) is 3. The second kappa shape index (κ2) is 7.35. The molecule has 1 aliphatic heterocycles. The van der Waals surface area contributed by atoms with Gasteiger partial charge < -0.3 is 16.0 Å². The molecule has 0 amide bonds. The van der Waals surface area contributed by atoms with E-state index in [1.807, 2.05) is 17.0 Å². The van der Waals surface area contributed by atoms with Gasteiger partial charge in [-0.15, -0.1) is 0 Å². The molecule has 0 radical (unpaired) electrons. The second-order valence-electron chi connectivity index (χ2n) is 6.28. The number of rotatable bonds is 4. The summed E-state index contributed by atoms with van der Waals surface area (Å²) >= 11 is 0. The minimum Gasteiger partial charge on any atom is -0.399 e. The maximum Gasteiger partial charge on any atom is 0.416 e. The topological polar surface area (TPSA) is 41.3 Å². The molecule has 0 bridgehead atoms. The third-order valence-electron chi connectivity index (χ3n) is 4.56. The average molecular weight is 349 g/mol. The summed E-state index contributed by atoms with van der Waals surface area (Å²) in [7, 11) is 0. The van der Waals surface area contributed by atoms with Crippen molar-refractivity contribution in [2.75, 3.05) is 36.8 Å². The van der Waals surface area contributed by atoms with E-state index in [0.29, 0.717) is 29.8 Å². The SMILES string of the molecule is Nc1ccc(CCc2c(N3CCNCC3)cccc2C(F)(F)F)cc1. The van der Waals surface area contributed by atoms with Crippen LogP contribution in [0.1, 0.15) is 16.7 Å². The first-order valence-corrected chi connectivity index (χ1v) is 8.44. The van der Waals surface area contributed by atoms with Gasteiger partial charge in [0.15, 0.2) is 0 Å². The van der Waals surface area contributed by atoms with Gasteiger partial charge in [-0.05, 0) is 48.2 Å². The molecule has 1 saturated heterocycles. The summed E-state index contributed by atoms with van der Waals surface area (Å²) in [5.74, 6) is 0. The summed E-state index contributed by atoms with van der Waals surface area (Å²) in [5, 5.41) is 3.24. The van der Waals surface area contributed by atoms with E-state index < -0.39 is 11.7 Å². The third kappa shape index (κ3) is 4.25. The van der Waals surface area contributed by atoms with Gasteiger partial charge in [-0.1, -0.05) is 18.2 Å². The molecule has 25 heavy (non-hydrogen) atoms. The van der Waals surface area contributed by atoms with Crippen LogP contribution in [-0.4, -0.2) is 26.2 Å². The smallest absolute Gasteiger partial charge is 0.399 e. The highest BCUT2D eigenvalue weighted by molar-refractivity contribution is 5.58. The first-order valence-electron chi connectivity index (χ1n) is 8.44. The number of alkyl halides is 3. The molecule has 0 aromatic heterocycles. The molecule has 3 rings (SSSR count). The van der Waals surface area contributed by atoms with E-state index in [4.69, 9.17) is 5.73 Å². The molecule has 3 N–H and O–H groups in total. The minimum atomic E-state index is -4.35. The van der Waals surface area contributed by atoms with Crippen molar-refractivity contribution in [2.45, 2.75) is 19.0 Å². The molecule has 1 fully saturated rings. The zero-order chi connectivity index (χ0) is 17.9. The van der Waals surface area contributed by atoms with E-state index in [0.717, 1.165) is 31.7 Å². The number of nitrogen functional groups attached to an aromatic ring is 1. The van der Waals surface area contributed by atoms with Crippen molar-refractivity contribution in [3.05, 3.63) is 59.2 Å². The molecule has 3 nitrogen and oxygen atoms in total. The number of aryl methyl sites for hydroxylation is 1. The fourth-order valence-electron chi connectivity index (χ4n) is 3.26. The summed E-state index contributed by atoms with van der Waals surface area (Å²) in [6.07, 6.45) is -3.45. The monoisotopic (exact) mass is 349 g/mol. The predicted octanol–water partition coefficient (Wildman–Crippen LogP) is 3.48. The van der Waals surface area contributed by atoms with Crippen molar-refractivity contribution in [2.24, 2.45) is 0 Å². The Labute approximate surface area is 145 Å². The molecule has 0 saturated carbocycles. The Kier molecular flexibility index (Phi) is 5.18. The molecule has 1 aliphatic rings. The van der Waals surface area contributed by atoms with Crippen molar-refractivity contribution in [3.63, 3.8) is 0 Å². The minimum absolute atomic E-state index is 0.346. The Balaban J connectivity index is 1.91. The van der Waals surface area contributed by atoms with Crippen LogP contribution in [-0.2, 0) is 19.0 Å². The van der Waals surface area contributed by atoms with Crippen molar-refractivity contribution < 1.29 is 13.2 Å². The van der Waals surface area contributed by atoms with Crippen molar-refractivity contribution >= 4 is 11.4 Å². The first-order chi connectivity index (χ1) is 11.9. The number of halogens is 3. The molecule has 2 aromatic carbocycles. The maximum absolute atomic E-state index is 13.5. The van der Waals surface area contributed by atoms with E-state index in [-0.39, 0.29) is 0 Å². The number of benzene rings is 2. The normalized spacial score (nSPS) is 15.4. The van der Waals surface area contributed by atoms with Gasteiger partial charge in [0.25, 0.3) is 0 Å². The lowest BCUT2D eigenvalue weighted by Gasteiger charge is -2.32. The standard InChI is InChI=1S/C19H22F3N3/c20-19(21,22)17-2-1-3-18(25-12-10-24-11-13-25)16(17)9-6-14-4-7-15(23)8-5-14/h1-5,7-8,24H,6,9-13,23H2. The molecular weight excluding hydrogens is 327 g/mol. The molecule has 134 valence electrons. The number of nitrogens with two attached hydrogens (primary N) is 1. The molecular formula is C19H22F3N3. The van der Waals surface area contributed by atoms with E-state index >= 15 is 0 Å². The highest BCUT2D eigenvalue weighted by Crippen LogP contribution is 2.37. The lowest BCUT2D eigenvalue weighted by molar-refractivity contribution is -0.138. The van der Waals surface area contributed by atoms with Crippen LogP contribution in [0.25, 0.3) is 0 Å². The van der Waals surface area contributed by atoms with Gasteiger partial charge >= 0.3 is 6.18 Å². The Morgan fingerprint density at radius 2 is 1.64 bits per heavy atom. The molecule has 2 aromatic rings. The highest BCUT2D eigenvalue weighted by atomic mass is 19.4. The summed E-state index contributed by atoms with van der Waals surface area (Å²) in [5.41, 5.74) is 7.87. The van der Waals surface area contributed by atoms with Crippen LogP contribution in [0, 0.1) is 0 Å².